The molecular formula is C22H13ClF2O3. The molecule has 1 heterocycles. The number of carbonyl (C=O) groups excluding carboxylic acids is 1. The van der Waals surface area contributed by atoms with Crippen molar-refractivity contribution in [2.75, 3.05) is 0 Å². The zero-order chi connectivity index (χ0) is 19.7. The zero-order valence-corrected chi connectivity index (χ0v) is 15.2. The highest BCUT2D eigenvalue weighted by Crippen LogP contribution is 2.35. The van der Waals surface area contributed by atoms with Crippen molar-refractivity contribution in [3.05, 3.63) is 99.8 Å². The topological polar surface area (TPSA) is 35.5 Å². The predicted octanol–water partition coefficient (Wildman–Crippen LogP) is 5.81. The zero-order valence-electron chi connectivity index (χ0n) is 14.4. The van der Waals surface area contributed by atoms with E-state index in [1.807, 2.05) is 0 Å². The Morgan fingerprint density at radius 3 is 2.64 bits per heavy atom. The molecule has 0 radical (unpaired) electrons. The number of allylic oxidation sites excluding steroid dienone is 1. The first-order valence-corrected chi connectivity index (χ1v) is 8.78. The normalized spacial score (nSPS) is 14.1. The van der Waals surface area contributed by atoms with Gasteiger partial charge >= 0.3 is 0 Å². The van der Waals surface area contributed by atoms with Gasteiger partial charge in [0.05, 0.1) is 10.6 Å². The maximum absolute atomic E-state index is 13.8. The molecule has 0 saturated carbocycles. The minimum Gasteiger partial charge on any atom is -0.489 e. The summed E-state index contributed by atoms with van der Waals surface area (Å²) < 4.78 is 38.2. The van der Waals surface area contributed by atoms with Gasteiger partial charge in [-0.1, -0.05) is 35.9 Å². The summed E-state index contributed by atoms with van der Waals surface area (Å²) in [6.45, 7) is 0.129. The van der Waals surface area contributed by atoms with E-state index in [2.05, 4.69) is 0 Å². The van der Waals surface area contributed by atoms with Crippen molar-refractivity contribution in [1.82, 2.24) is 0 Å². The summed E-state index contributed by atoms with van der Waals surface area (Å²) in [4.78, 5) is 12.5. The highest BCUT2D eigenvalue weighted by molar-refractivity contribution is 6.31. The molecule has 3 nitrogen and oxygen atoms in total. The third-order valence-corrected chi connectivity index (χ3v) is 4.59. The van der Waals surface area contributed by atoms with E-state index in [1.54, 1.807) is 42.5 Å². The van der Waals surface area contributed by atoms with Gasteiger partial charge in [0.1, 0.15) is 29.7 Å². The molecule has 0 unspecified atom stereocenters. The summed E-state index contributed by atoms with van der Waals surface area (Å²) in [5, 5.41) is 0.266. The van der Waals surface area contributed by atoms with Gasteiger partial charge in [-0.25, -0.2) is 8.78 Å². The number of ketones is 1. The van der Waals surface area contributed by atoms with Crippen molar-refractivity contribution >= 4 is 23.5 Å². The third kappa shape index (κ3) is 3.62. The maximum Gasteiger partial charge on any atom is 0.231 e. The van der Waals surface area contributed by atoms with E-state index >= 15 is 0 Å². The van der Waals surface area contributed by atoms with Crippen LogP contribution in [0.15, 0.2) is 66.4 Å². The van der Waals surface area contributed by atoms with E-state index in [0.29, 0.717) is 22.6 Å². The molecule has 0 aromatic heterocycles. The number of rotatable bonds is 4. The molecule has 0 fully saturated rings. The smallest absolute Gasteiger partial charge is 0.231 e. The lowest BCUT2D eigenvalue weighted by Crippen LogP contribution is -1.98. The second kappa shape index (κ2) is 7.44. The number of hydrogen-bond acceptors (Lipinski definition) is 3. The molecule has 28 heavy (non-hydrogen) atoms. The molecule has 0 atom stereocenters. The molecule has 0 aliphatic carbocycles. The summed E-state index contributed by atoms with van der Waals surface area (Å²) in [6.07, 6.45) is 1.37. The summed E-state index contributed by atoms with van der Waals surface area (Å²) in [6, 6.07) is 15.0. The monoisotopic (exact) mass is 398 g/mol. The highest BCUT2D eigenvalue weighted by atomic mass is 35.5. The van der Waals surface area contributed by atoms with Gasteiger partial charge < -0.3 is 9.47 Å². The van der Waals surface area contributed by atoms with Crippen LogP contribution in [0.25, 0.3) is 6.08 Å². The third-order valence-electron chi connectivity index (χ3n) is 4.24. The van der Waals surface area contributed by atoms with Gasteiger partial charge in [0.15, 0.2) is 5.76 Å². The van der Waals surface area contributed by atoms with Crippen molar-refractivity contribution in [2.24, 2.45) is 0 Å². The standard InChI is InChI=1S/C22H13ClF2O3/c23-18-10-15(24)6-5-14(18)12-27-16-7-8-17-20(11-16)28-21(22(17)26)9-13-3-1-2-4-19(13)25/h1-11H,12H2/b21-9-. The van der Waals surface area contributed by atoms with Crippen LogP contribution in [0, 0.1) is 11.6 Å². The number of benzene rings is 3. The number of fused-ring (bicyclic) bond motifs is 1. The SMILES string of the molecule is O=C1/C(=C/c2ccccc2F)Oc2cc(OCc3ccc(F)cc3Cl)ccc21. The second-order valence-electron chi connectivity index (χ2n) is 6.14. The molecule has 0 spiro atoms. The fourth-order valence-electron chi connectivity index (χ4n) is 2.79. The van der Waals surface area contributed by atoms with Crippen molar-refractivity contribution < 1.29 is 23.0 Å². The average Bonchev–Trinajstić information content (AvgIpc) is 2.98. The number of Topliss-reactive ketones (excluding diaryl/α,β-unsaturated/α-hetero) is 1. The van der Waals surface area contributed by atoms with E-state index < -0.39 is 11.6 Å². The lowest BCUT2D eigenvalue weighted by Gasteiger charge is -2.08. The fourth-order valence-corrected chi connectivity index (χ4v) is 3.01. The summed E-state index contributed by atoms with van der Waals surface area (Å²) in [5.41, 5.74) is 1.26. The van der Waals surface area contributed by atoms with Crippen LogP contribution < -0.4 is 9.47 Å². The van der Waals surface area contributed by atoms with Crippen LogP contribution in [0.5, 0.6) is 11.5 Å². The summed E-state index contributed by atoms with van der Waals surface area (Å²) in [5.74, 6) is -0.366. The van der Waals surface area contributed by atoms with E-state index in [1.165, 1.54) is 24.3 Å². The van der Waals surface area contributed by atoms with Crippen molar-refractivity contribution in [3.8, 4) is 11.5 Å². The molecule has 6 heteroatoms. The molecule has 1 aliphatic rings. The Hall–Kier alpha value is -3.18. The van der Waals surface area contributed by atoms with Crippen LogP contribution in [-0.2, 0) is 6.61 Å². The van der Waals surface area contributed by atoms with Gasteiger partial charge in [-0.2, -0.15) is 0 Å². The van der Waals surface area contributed by atoms with E-state index in [-0.39, 0.29) is 28.7 Å². The molecule has 4 rings (SSSR count). The Balaban J connectivity index is 1.53. The van der Waals surface area contributed by atoms with Crippen molar-refractivity contribution in [3.63, 3.8) is 0 Å². The number of hydrogen-bond donors (Lipinski definition) is 0. The lowest BCUT2D eigenvalue weighted by atomic mass is 10.1. The second-order valence-corrected chi connectivity index (χ2v) is 6.55. The van der Waals surface area contributed by atoms with Crippen molar-refractivity contribution in [2.45, 2.75) is 6.61 Å². The van der Waals surface area contributed by atoms with E-state index in [4.69, 9.17) is 21.1 Å². The molecule has 0 N–H and O–H groups in total. The van der Waals surface area contributed by atoms with Crippen LogP contribution in [0.3, 0.4) is 0 Å². The fraction of sp³-hybridized carbons (Fsp3) is 0.0455. The summed E-state index contributed by atoms with van der Waals surface area (Å²) >= 11 is 5.99. The molecule has 0 amide bonds. The first-order chi connectivity index (χ1) is 13.5. The van der Waals surface area contributed by atoms with Gasteiger partial charge in [0.2, 0.25) is 5.78 Å². The Morgan fingerprint density at radius 1 is 1.04 bits per heavy atom. The first kappa shape index (κ1) is 18.2. The number of ether oxygens (including phenoxy) is 2. The molecule has 0 saturated heterocycles. The van der Waals surface area contributed by atoms with Crippen LogP contribution in [0.1, 0.15) is 21.5 Å². The molecular weight excluding hydrogens is 386 g/mol. The van der Waals surface area contributed by atoms with Crippen LogP contribution in [0.4, 0.5) is 8.78 Å². The van der Waals surface area contributed by atoms with E-state index in [9.17, 15) is 13.6 Å². The van der Waals surface area contributed by atoms with Crippen LogP contribution >= 0.6 is 11.6 Å². The molecule has 0 bridgehead atoms. The average molecular weight is 399 g/mol. The minimum atomic E-state index is -0.442. The Morgan fingerprint density at radius 2 is 1.86 bits per heavy atom. The minimum absolute atomic E-state index is 0.0406. The van der Waals surface area contributed by atoms with Gasteiger partial charge in [-0.05, 0) is 36.4 Å². The molecule has 140 valence electrons. The van der Waals surface area contributed by atoms with Gasteiger partial charge in [0.25, 0.3) is 0 Å². The van der Waals surface area contributed by atoms with Gasteiger partial charge in [-0.3, -0.25) is 4.79 Å². The molecule has 1 aliphatic heterocycles. The van der Waals surface area contributed by atoms with Crippen LogP contribution in [-0.4, -0.2) is 5.78 Å². The molecule has 3 aromatic rings. The number of carbonyl (C=O) groups is 1. The Bertz CT molecular complexity index is 1110. The molecule has 3 aromatic carbocycles. The predicted molar refractivity (Wildman–Crippen MR) is 102 cm³/mol. The lowest BCUT2D eigenvalue weighted by molar-refractivity contribution is 0.101. The Labute approximate surface area is 164 Å². The van der Waals surface area contributed by atoms with Gasteiger partial charge in [-0.15, -0.1) is 0 Å². The van der Waals surface area contributed by atoms with Crippen LogP contribution in [0.2, 0.25) is 5.02 Å². The largest absolute Gasteiger partial charge is 0.489 e. The first-order valence-electron chi connectivity index (χ1n) is 8.41. The quantitative estimate of drug-likeness (QED) is 0.520. The van der Waals surface area contributed by atoms with E-state index in [0.717, 1.165) is 0 Å². The van der Waals surface area contributed by atoms with Gasteiger partial charge in [0, 0.05) is 17.2 Å². The number of halogens is 3. The summed E-state index contributed by atoms with van der Waals surface area (Å²) in [7, 11) is 0. The highest BCUT2D eigenvalue weighted by Gasteiger charge is 2.28. The maximum atomic E-state index is 13.8. The van der Waals surface area contributed by atoms with Crippen molar-refractivity contribution in [1.29, 1.82) is 0 Å². The Kier molecular flexibility index (Phi) is 4.84.